The number of hydrogen-bond donors (Lipinski definition) is 1. The molecule has 3 nitrogen and oxygen atoms in total. The van der Waals surface area contributed by atoms with E-state index in [1.807, 2.05) is 25.1 Å². The van der Waals surface area contributed by atoms with E-state index in [4.69, 9.17) is 16.9 Å². The van der Waals surface area contributed by atoms with Gasteiger partial charge in [0.1, 0.15) is 11.9 Å². The second-order valence-corrected chi connectivity index (χ2v) is 4.02. The third-order valence-electron chi connectivity index (χ3n) is 2.69. The van der Waals surface area contributed by atoms with Crippen LogP contribution >= 0.6 is 0 Å². The van der Waals surface area contributed by atoms with Gasteiger partial charge >= 0.3 is 0 Å². The molecule has 16 heavy (non-hydrogen) atoms. The van der Waals surface area contributed by atoms with Gasteiger partial charge in [-0.25, -0.2) is 0 Å². The van der Waals surface area contributed by atoms with Crippen molar-refractivity contribution in [2.24, 2.45) is 5.73 Å². The largest absolute Gasteiger partial charge is 0.487 e. The second kappa shape index (κ2) is 4.46. The summed E-state index contributed by atoms with van der Waals surface area (Å²) in [5.41, 5.74) is 7.75. The van der Waals surface area contributed by atoms with E-state index in [2.05, 4.69) is 10.8 Å². The van der Waals surface area contributed by atoms with Gasteiger partial charge in [0.05, 0.1) is 18.8 Å². The van der Waals surface area contributed by atoms with Crippen molar-refractivity contribution < 1.29 is 4.74 Å². The molecule has 0 aromatic heterocycles. The van der Waals surface area contributed by atoms with Crippen LogP contribution in [0.5, 0.6) is 5.75 Å². The molecule has 1 aromatic rings. The number of hydrogen-bond acceptors (Lipinski definition) is 3. The van der Waals surface area contributed by atoms with Crippen LogP contribution in [-0.2, 0) is 6.54 Å². The zero-order valence-corrected chi connectivity index (χ0v) is 9.44. The molecule has 1 aliphatic heterocycles. The quantitative estimate of drug-likeness (QED) is 0.759. The van der Waals surface area contributed by atoms with E-state index < -0.39 is 0 Å². The number of nitrogens with zero attached hydrogens (tertiary/aromatic N) is 1. The van der Waals surface area contributed by atoms with Crippen LogP contribution in [0.1, 0.15) is 12.5 Å². The fourth-order valence-electron chi connectivity index (χ4n) is 1.96. The first-order valence-electron chi connectivity index (χ1n) is 5.42. The molecule has 3 heteroatoms. The van der Waals surface area contributed by atoms with Crippen molar-refractivity contribution in [1.82, 2.24) is 0 Å². The minimum atomic E-state index is 0.161. The molecular formula is C13H16N2O. The second-order valence-electron chi connectivity index (χ2n) is 4.02. The molecule has 2 rings (SSSR count). The highest BCUT2D eigenvalue weighted by Crippen LogP contribution is 2.33. The zero-order chi connectivity index (χ0) is 11.5. The normalized spacial score (nSPS) is 18.6. The number of terminal acetylenes is 1. The van der Waals surface area contributed by atoms with Crippen molar-refractivity contribution in [1.29, 1.82) is 0 Å². The van der Waals surface area contributed by atoms with Crippen molar-refractivity contribution >= 4 is 5.69 Å². The fourth-order valence-corrected chi connectivity index (χ4v) is 1.96. The molecule has 0 fully saturated rings. The molecule has 0 amide bonds. The van der Waals surface area contributed by atoms with Gasteiger partial charge in [0.15, 0.2) is 0 Å². The van der Waals surface area contributed by atoms with Gasteiger partial charge < -0.3 is 15.4 Å². The highest BCUT2D eigenvalue weighted by molar-refractivity contribution is 5.62. The molecule has 0 bridgehead atoms. The molecule has 0 saturated heterocycles. The molecule has 0 saturated carbocycles. The first kappa shape index (κ1) is 10.8. The Morgan fingerprint density at radius 3 is 3.12 bits per heavy atom. The van der Waals surface area contributed by atoms with Crippen LogP contribution < -0.4 is 15.4 Å². The van der Waals surface area contributed by atoms with Gasteiger partial charge in [-0.05, 0) is 24.6 Å². The van der Waals surface area contributed by atoms with E-state index in [0.717, 1.165) is 23.5 Å². The van der Waals surface area contributed by atoms with Crippen LogP contribution in [0.4, 0.5) is 5.69 Å². The van der Waals surface area contributed by atoms with E-state index in [1.165, 1.54) is 0 Å². The average molecular weight is 216 g/mol. The van der Waals surface area contributed by atoms with E-state index in [9.17, 15) is 0 Å². The first-order chi connectivity index (χ1) is 7.74. The van der Waals surface area contributed by atoms with Crippen molar-refractivity contribution in [3.8, 4) is 18.1 Å². The molecule has 1 unspecified atom stereocenters. The lowest BCUT2D eigenvalue weighted by atomic mass is 10.1. The Kier molecular flexibility index (Phi) is 3.02. The molecule has 2 N–H and O–H groups in total. The van der Waals surface area contributed by atoms with Crippen molar-refractivity contribution in [3.63, 3.8) is 0 Å². The predicted molar refractivity (Wildman–Crippen MR) is 65.5 cm³/mol. The van der Waals surface area contributed by atoms with Crippen LogP contribution in [0.15, 0.2) is 18.2 Å². The van der Waals surface area contributed by atoms with E-state index >= 15 is 0 Å². The Hall–Kier alpha value is -1.66. The maximum absolute atomic E-state index is 5.79. The summed E-state index contributed by atoms with van der Waals surface area (Å²) in [7, 11) is 0. The number of rotatable bonds is 2. The summed E-state index contributed by atoms with van der Waals surface area (Å²) in [5, 5.41) is 0. The molecule has 0 radical (unpaired) electrons. The number of anilines is 1. The molecule has 84 valence electrons. The highest BCUT2D eigenvalue weighted by atomic mass is 16.5. The first-order valence-corrected chi connectivity index (χ1v) is 5.42. The summed E-state index contributed by atoms with van der Waals surface area (Å²) in [5.74, 6) is 3.56. The summed E-state index contributed by atoms with van der Waals surface area (Å²) in [4.78, 5) is 2.16. The lowest BCUT2D eigenvalue weighted by Crippen LogP contribution is -2.38. The topological polar surface area (TPSA) is 38.5 Å². The molecule has 0 aliphatic carbocycles. The molecule has 1 aromatic carbocycles. The Morgan fingerprint density at radius 2 is 2.44 bits per heavy atom. The molecule has 1 atom stereocenters. The third-order valence-corrected chi connectivity index (χ3v) is 2.69. The van der Waals surface area contributed by atoms with Crippen molar-refractivity contribution in [2.45, 2.75) is 19.6 Å². The molecular weight excluding hydrogens is 200 g/mol. The average Bonchev–Trinajstić information content (AvgIpc) is 2.28. The number of nitrogens with two attached hydrogens (primary N) is 1. The lowest BCUT2D eigenvalue weighted by Gasteiger charge is -2.34. The van der Waals surface area contributed by atoms with Crippen LogP contribution in [-0.4, -0.2) is 19.2 Å². The summed E-state index contributed by atoms with van der Waals surface area (Å²) in [6.45, 7) is 4.02. The Bertz CT molecular complexity index is 422. The summed E-state index contributed by atoms with van der Waals surface area (Å²) in [6.07, 6.45) is 5.53. The summed E-state index contributed by atoms with van der Waals surface area (Å²) < 4.78 is 5.79. The number of ether oxygens (including phenoxy) is 1. The zero-order valence-electron chi connectivity index (χ0n) is 9.44. The number of fused-ring (bicyclic) bond motifs is 1. The Labute approximate surface area is 96.2 Å². The van der Waals surface area contributed by atoms with Gasteiger partial charge in [0, 0.05) is 6.54 Å². The minimum absolute atomic E-state index is 0.161. The monoisotopic (exact) mass is 216 g/mol. The molecule has 1 heterocycles. The minimum Gasteiger partial charge on any atom is -0.487 e. The van der Waals surface area contributed by atoms with Gasteiger partial charge in [-0.1, -0.05) is 12.0 Å². The highest BCUT2D eigenvalue weighted by Gasteiger charge is 2.22. The molecule has 1 aliphatic rings. The standard InChI is InChI=1S/C13H16N2O/c1-3-6-15-9-10(2)16-13-7-11(8-14)4-5-12(13)15/h1,4-5,7,10H,6,8-9,14H2,2H3. The SMILES string of the molecule is C#CCN1CC(C)Oc2cc(CN)ccc21. The Balaban J connectivity index is 2.36. The van der Waals surface area contributed by atoms with Crippen LogP contribution in [0.3, 0.4) is 0 Å². The van der Waals surface area contributed by atoms with E-state index in [-0.39, 0.29) is 6.10 Å². The van der Waals surface area contributed by atoms with Gasteiger partial charge in [0.25, 0.3) is 0 Å². The number of benzene rings is 1. The summed E-state index contributed by atoms with van der Waals surface area (Å²) >= 11 is 0. The van der Waals surface area contributed by atoms with Gasteiger partial charge in [-0.2, -0.15) is 0 Å². The fraction of sp³-hybridized carbons (Fsp3) is 0.385. The lowest BCUT2D eigenvalue weighted by molar-refractivity contribution is 0.214. The van der Waals surface area contributed by atoms with Gasteiger partial charge in [-0.15, -0.1) is 6.42 Å². The molecule has 0 spiro atoms. The maximum Gasteiger partial charge on any atom is 0.143 e. The van der Waals surface area contributed by atoms with Crippen LogP contribution in [0, 0.1) is 12.3 Å². The van der Waals surface area contributed by atoms with E-state index in [1.54, 1.807) is 0 Å². The van der Waals surface area contributed by atoms with Gasteiger partial charge in [-0.3, -0.25) is 0 Å². The van der Waals surface area contributed by atoms with Crippen molar-refractivity contribution in [3.05, 3.63) is 23.8 Å². The maximum atomic E-state index is 5.79. The predicted octanol–water partition coefficient (Wildman–Crippen LogP) is 1.37. The smallest absolute Gasteiger partial charge is 0.143 e. The van der Waals surface area contributed by atoms with Crippen LogP contribution in [0.2, 0.25) is 0 Å². The van der Waals surface area contributed by atoms with Crippen molar-refractivity contribution in [2.75, 3.05) is 18.0 Å². The van der Waals surface area contributed by atoms with Crippen LogP contribution in [0.25, 0.3) is 0 Å². The van der Waals surface area contributed by atoms with E-state index in [0.29, 0.717) is 13.1 Å². The third kappa shape index (κ3) is 1.98. The Morgan fingerprint density at radius 1 is 1.62 bits per heavy atom. The van der Waals surface area contributed by atoms with Gasteiger partial charge in [0.2, 0.25) is 0 Å². The summed E-state index contributed by atoms with van der Waals surface area (Å²) in [6, 6.07) is 6.04.